The van der Waals surface area contributed by atoms with Crippen molar-refractivity contribution >= 4 is 22.9 Å². The van der Waals surface area contributed by atoms with Gasteiger partial charge in [0.05, 0.1) is 29.7 Å². The van der Waals surface area contributed by atoms with Crippen LogP contribution >= 0.6 is 0 Å². The molecule has 4 rings (SSSR count). The number of imidazole rings is 1. The third kappa shape index (κ3) is 3.47. The summed E-state index contributed by atoms with van der Waals surface area (Å²) in [5.74, 6) is 0.259. The third-order valence-corrected chi connectivity index (χ3v) is 5.01. The van der Waals surface area contributed by atoms with Gasteiger partial charge in [0.2, 0.25) is 11.9 Å². The Hall–Kier alpha value is -3.03. The Morgan fingerprint density at radius 2 is 2.15 bits per heavy atom. The van der Waals surface area contributed by atoms with Gasteiger partial charge in [-0.25, -0.2) is 15.0 Å². The quantitative estimate of drug-likeness (QED) is 0.738. The molecular weight excluding hydrogens is 342 g/mol. The van der Waals surface area contributed by atoms with Crippen LogP contribution in [0.3, 0.4) is 0 Å². The van der Waals surface area contributed by atoms with Gasteiger partial charge in [0, 0.05) is 37.4 Å². The smallest absolute Gasteiger partial charge is 0.225 e. The number of primary amides is 1. The number of aromatic nitrogens is 5. The first-order chi connectivity index (χ1) is 13.0. The number of anilines is 1. The van der Waals surface area contributed by atoms with Gasteiger partial charge in [-0.3, -0.25) is 9.78 Å². The maximum atomic E-state index is 11.4. The molecule has 3 aromatic rings. The fourth-order valence-corrected chi connectivity index (χ4v) is 3.48. The fourth-order valence-electron chi connectivity index (χ4n) is 3.48. The molecule has 8 heteroatoms. The first-order valence-electron chi connectivity index (χ1n) is 9.19. The van der Waals surface area contributed by atoms with E-state index in [1.807, 2.05) is 23.5 Å². The van der Waals surface area contributed by atoms with Gasteiger partial charge < -0.3 is 15.2 Å². The summed E-state index contributed by atoms with van der Waals surface area (Å²) in [5.41, 5.74) is 9.22. The molecule has 1 aliphatic rings. The SMILES string of the molecule is CC(C)n1cnc2cnc(Cc3ccnc(N4CCC(C(N)=O)C4)n3)cc21. The number of amides is 1. The Morgan fingerprint density at radius 3 is 2.89 bits per heavy atom. The van der Waals surface area contributed by atoms with Crippen LogP contribution < -0.4 is 10.6 Å². The number of fused-ring (bicyclic) bond motifs is 1. The first-order valence-corrected chi connectivity index (χ1v) is 9.19. The Kier molecular flexibility index (Phi) is 4.47. The summed E-state index contributed by atoms with van der Waals surface area (Å²) >= 11 is 0. The van der Waals surface area contributed by atoms with E-state index in [0.29, 0.717) is 25.0 Å². The molecule has 140 valence electrons. The summed E-state index contributed by atoms with van der Waals surface area (Å²) in [7, 11) is 0. The Labute approximate surface area is 157 Å². The van der Waals surface area contributed by atoms with Crippen molar-refractivity contribution in [2.75, 3.05) is 18.0 Å². The van der Waals surface area contributed by atoms with E-state index in [4.69, 9.17) is 5.73 Å². The molecule has 1 amide bonds. The van der Waals surface area contributed by atoms with Crippen LogP contribution in [0.25, 0.3) is 11.0 Å². The second kappa shape index (κ2) is 6.94. The largest absolute Gasteiger partial charge is 0.369 e. The highest BCUT2D eigenvalue weighted by atomic mass is 16.1. The van der Waals surface area contributed by atoms with Crippen LogP contribution in [0.5, 0.6) is 0 Å². The summed E-state index contributed by atoms with van der Waals surface area (Å²) in [5, 5.41) is 0. The van der Waals surface area contributed by atoms with Crippen molar-refractivity contribution in [3.8, 4) is 0 Å². The first kappa shape index (κ1) is 17.4. The van der Waals surface area contributed by atoms with Crippen molar-refractivity contribution in [2.24, 2.45) is 11.7 Å². The Balaban J connectivity index is 1.56. The molecule has 1 unspecified atom stereocenters. The molecule has 0 aliphatic carbocycles. The van der Waals surface area contributed by atoms with Gasteiger partial charge in [-0.05, 0) is 32.4 Å². The van der Waals surface area contributed by atoms with Crippen LogP contribution in [0.4, 0.5) is 5.95 Å². The average Bonchev–Trinajstić information content (AvgIpc) is 3.29. The lowest BCUT2D eigenvalue weighted by atomic mass is 10.1. The van der Waals surface area contributed by atoms with E-state index in [1.54, 1.807) is 6.20 Å². The van der Waals surface area contributed by atoms with E-state index >= 15 is 0 Å². The van der Waals surface area contributed by atoms with E-state index in [9.17, 15) is 4.79 Å². The minimum atomic E-state index is -0.257. The van der Waals surface area contributed by atoms with E-state index in [1.165, 1.54) is 0 Å². The molecule has 27 heavy (non-hydrogen) atoms. The average molecular weight is 365 g/mol. The highest BCUT2D eigenvalue weighted by molar-refractivity contribution is 5.78. The molecule has 0 saturated carbocycles. The fraction of sp³-hybridized carbons (Fsp3) is 0.421. The molecule has 0 bridgehead atoms. The van der Waals surface area contributed by atoms with Crippen molar-refractivity contribution in [2.45, 2.75) is 32.7 Å². The topological polar surface area (TPSA) is 103 Å². The zero-order valence-corrected chi connectivity index (χ0v) is 15.5. The molecule has 0 spiro atoms. The summed E-state index contributed by atoms with van der Waals surface area (Å²) in [6, 6.07) is 4.31. The minimum absolute atomic E-state index is 0.127. The highest BCUT2D eigenvalue weighted by Gasteiger charge is 2.28. The second-order valence-electron chi connectivity index (χ2n) is 7.27. The molecule has 1 aliphatic heterocycles. The lowest BCUT2D eigenvalue weighted by Gasteiger charge is -2.16. The molecule has 1 atom stereocenters. The maximum Gasteiger partial charge on any atom is 0.225 e. The van der Waals surface area contributed by atoms with E-state index in [0.717, 1.165) is 35.4 Å². The molecule has 1 fully saturated rings. The molecule has 0 aromatic carbocycles. The predicted octanol–water partition coefficient (Wildman–Crippen LogP) is 1.70. The zero-order valence-electron chi connectivity index (χ0n) is 15.5. The van der Waals surface area contributed by atoms with Crippen molar-refractivity contribution < 1.29 is 4.79 Å². The van der Waals surface area contributed by atoms with E-state index in [2.05, 4.69) is 44.4 Å². The summed E-state index contributed by atoms with van der Waals surface area (Å²) in [6.45, 7) is 5.59. The molecule has 2 N–H and O–H groups in total. The standard InChI is InChI=1S/C19H23N7O/c1-12(2)26-11-23-16-9-22-15(8-17(16)26)7-14-3-5-21-19(24-14)25-6-4-13(10-25)18(20)27/h3,5,8-9,11-13H,4,6-7,10H2,1-2H3,(H2,20,27). The Bertz CT molecular complexity index is 981. The molecule has 4 heterocycles. The number of carbonyl (C=O) groups excluding carboxylic acids is 1. The normalized spacial score (nSPS) is 17.1. The van der Waals surface area contributed by atoms with Crippen LogP contribution in [-0.4, -0.2) is 43.5 Å². The molecule has 0 radical (unpaired) electrons. The molecule has 3 aromatic heterocycles. The van der Waals surface area contributed by atoms with Gasteiger partial charge in [0.25, 0.3) is 0 Å². The highest BCUT2D eigenvalue weighted by Crippen LogP contribution is 2.22. The van der Waals surface area contributed by atoms with E-state index < -0.39 is 0 Å². The van der Waals surface area contributed by atoms with Crippen LogP contribution in [0.2, 0.25) is 0 Å². The maximum absolute atomic E-state index is 11.4. The van der Waals surface area contributed by atoms with Gasteiger partial charge in [-0.1, -0.05) is 0 Å². The number of hydrogen-bond acceptors (Lipinski definition) is 6. The van der Waals surface area contributed by atoms with Crippen LogP contribution in [-0.2, 0) is 11.2 Å². The number of nitrogens with zero attached hydrogens (tertiary/aromatic N) is 6. The number of rotatable bonds is 5. The molecular formula is C19H23N7O. The van der Waals surface area contributed by atoms with Crippen molar-refractivity contribution in [3.05, 3.63) is 42.2 Å². The number of pyridine rings is 1. The van der Waals surface area contributed by atoms with Crippen molar-refractivity contribution in [1.29, 1.82) is 0 Å². The lowest BCUT2D eigenvalue weighted by Crippen LogP contribution is -2.28. The minimum Gasteiger partial charge on any atom is -0.369 e. The summed E-state index contributed by atoms with van der Waals surface area (Å²) < 4.78 is 2.14. The number of hydrogen-bond donors (Lipinski definition) is 1. The monoisotopic (exact) mass is 365 g/mol. The Morgan fingerprint density at radius 1 is 1.30 bits per heavy atom. The van der Waals surface area contributed by atoms with Crippen molar-refractivity contribution in [3.63, 3.8) is 0 Å². The van der Waals surface area contributed by atoms with Crippen LogP contribution in [0, 0.1) is 5.92 Å². The van der Waals surface area contributed by atoms with E-state index in [-0.39, 0.29) is 11.8 Å². The molecule has 1 saturated heterocycles. The van der Waals surface area contributed by atoms with Gasteiger partial charge in [0.15, 0.2) is 0 Å². The second-order valence-corrected chi connectivity index (χ2v) is 7.27. The number of carbonyl (C=O) groups is 1. The van der Waals surface area contributed by atoms with Crippen molar-refractivity contribution in [1.82, 2.24) is 24.5 Å². The van der Waals surface area contributed by atoms with Gasteiger partial charge in [0.1, 0.15) is 5.52 Å². The summed E-state index contributed by atoms with van der Waals surface area (Å²) in [6.07, 6.45) is 6.78. The van der Waals surface area contributed by atoms with Gasteiger partial charge in [-0.2, -0.15) is 0 Å². The zero-order chi connectivity index (χ0) is 19.0. The van der Waals surface area contributed by atoms with Gasteiger partial charge >= 0.3 is 0 Å². The van der Waals surface area contributed by atoms with Gasteiger partial charge in [-0.15, -0.1) is 0 Å². The molecule has 8 nitrogen and oxygen atoms in total. The van der Waals surface area contributed by atoms with Crippen LogP contribution in [0.15, 0.2) is 30.9 Å². The van der Waals surface area contributed by atoms with Crippen LogP contribution in [0.1, 0.15) is 37.7 Å². The predicted molar refractivity (Wildman–Crippen MR) is 102 cm³/mol. The third-order valence-electron chi connectivity index (χ3n) is 5.01. The number of nitrogens with two attached hydrogens (primary N) is 1. The summed E-state index contributed by atoms with van der Waals surface area (Å²) in [4.78, 5) is 31.4. The lowest BCUT2D eigenvalue weighted by molar-refractivity contribution is -0.121.